The van der Waals surface area contributed by atoms with Gasteiger partial charge in [-0.25, -0.2) is 9.18 Å². The van der Waals surface area contributed by atoms with Gasteiger partial charge in [-0.3, -0.25) is 14.7 Å². The Kier molecular flexibility index (Phi) is 7.72. The van der Waals surface area contributed by atoms with Crippen LogP contribution in [0.15, 0.2) is 48.8 Å². The number of ether oxygens (including phenoxy) is 1. The number of likely N-dealkylation sites (tertiary alicyclic amines) is 1. The fourth-order valence-corrected chi connectivity index (χ4v) is 4.44. The molecule has 9 heteroatoms. The second kappa shape index (κ2) is 11.1. The Morgan fingerprint density at radius 1 is 1.24 bits per heavy atom. The van der Waals surface area contributed by atoms with Crippen molar-refractivity contribution in [2.75, 3.05) is 45.9 Å². The molecule has 33 heavy (non-hydrogen) atoms. The van der Waals surface area contributed by atoms with Gasteiger partial charge in [0.1, 0.15) is 11.6 Å². The van der Waals surface area contributed by atoms with Crippen molar-refractivity contribution in [3.63, 3.8) is 0 Å². The van der Waals surface area contributed by atoms with Crippen LogP contribution in [0.4, 0.5) is 9.18 Å². The first-order valence-electron chi connectivity index (χ1n) is 11.4. The highest BCUT2D eigenvalue weighted by atomic mass is 19.1. The molecule has 2 N–H and O–H groups in total. The maximum Gasteiger partial charge on any atom is 0.317 e. The molecule has 3 amide bonds. The number of aromatic nitrogens is 1. The first kappa shape index (κ1) is 23.0. The molecular formula is C24H30FN5O3. The summed E-state index contributed by atoms with van der Waals surface area (Å²) in [4.78, 5) is 32.7. The molecule has 0 radical (unpaired) electrons. The van der Waals surface area contributed by atoms with Crippen LogP contribution in [0.25, 0.3) is 0 Å². The molecule has 2 saturated heterocycles. The maximum absolute atomic E-state index is 13.5. The van der Waals surface area contributed by atoms with Crippen molar-refractivity contribution in [3.8, 4) is 5.75 Å². The first-order valence-corrected chi connectivity index (χ1v) is 11.4. The Bertz CT molecular complexity index is 945. The van der Waals surface area contributed by atoms with Crippen LogP contribution in [0, 0.1) is 17.7 Å². The minimum atomic E-state index is -0.334. The molecule has 0 bridgehead atoms. The lowest BCUT2D eigenvalue weighted by atomic mass is 9.88. The molecule has 4 rings (SSSR count). The zero-order valence-electron chi connectivity index (χ0n) is 18.6. The molecule has 2 fully saturated rings. The summed E-state index contributed by atoms with van der Waals surface area (Å²) in [6.07, 6.45) is 4.23. The number of nitrogens with one attached hydrogen (secondary N) is 2. The largest absolute Gasteiger partial charge is 0.493 e. The van der Waals surface area contributed by atoms with Gasteiger partial charge in [0.25, 0.3) is 0 Å². The van der Waals surface area contributed by atoms with Crippen LogP contribution in [0.5, 0.6) is 5.75 Å². The molecule has 176 valence electrons. The summed E-state index contributed by atoms with van der Waals surface area (Å²) >= 11 is 0. The Morgan fingerprint density at radius 2 is 2.09 bits per heavy atom. The molecule has 0 saturated carbocycles. The predicted molar refractivity (Wildman–Crippen MR) is 121 cm³/mol. The normalized spacial score (nSPS) is 21.0. The summed E-state index contributed by atoms with van der Waals surface area (Å²) < 4.78 is 19.3. The van der Waals surface area contributed by atoms with Crippen LogP contribution >= 0.6 is 0 Å². The average Bonchev–Trinajstić information content (AvgIpc) is 3.23. The van der Waals surface area contributed by atoms with Crippen molar-refractivity contribution in [1.82, 2.24) is 25.4 Å². The Labute approximate surface area is 193 Å². The number of piperidine rings is 1. The number of hydrogen-bond donors (Lipinski definition) is 2. The van der Waals surface area contributed by atoms with Gasteiger partial charge in [0.05, 0.1) is 12.5 Å². The van der Waals surface area contributed by atoms with Crippen molar-refractivity contribution in [1.29, 1.82) is 0 Å². The topological polar surface area (TPSA) is 86.8 Å². The van der Waals surface area contributed by atoms with Gasteiger partial charge in [-0.2, -0.15) is 0 Å². The SMILES string of the molecule is O=C(NCCN1CCNC1=O)[C@@H]1C[C@H](COc2cccc(F)c2)CN(Cc2ccncc2)C1. The third-order valence-electron chi connectivity index (χ3n) is 6.05. The summed E-state index contributed by atoms with van der Waals surface area (Å²) in [5, 5.41) is 5.76. The molecule has 2 aromatic rings. The first-order chi connectivity index (χ1) is 16.1. The average molecular weight is 456 g/mol. The van der Waals surface area contributed by atoms with Crippen molar-refractivity contribution >= 4 is 11.9 Å². The van der Waals surface area contributed by atoms with Crippen LogP contribution in [0.1, 0.15) is 12.0 Å². The standard InChI is InChI=1S/C24H30FN5O3/c25-21-2-1-3-22(13-21)33-17-19-12-20(16-29(15-19)14-18-4-6-26-7-5-18)23(31)27-8-10-30-11-9-28-24(30)32/h1-7,13,19-20H,8-12,14-17H2,(H,27,31)(H,28,32)/t19-,20+/m0/s1. The van der Waals surface area contributed by atoms with E-state index in [0.717, 1.165) is 18.7 Å². The third-order valence-corrected chi connectivity index (χ3v) is 6.05. The number of nitrogens with zero attached hydrogens (tertiary/aromatic N) is 3. The smallest absolute Gasteiger partial charge is 0.317 e. The van der Waals surface area contributed by atoms with Gasteiger partial charge in [0.15, 0.2) is 0 Å². The lowest BCUT2D eigenvalue weighted by Crippen LogP contribution is -2.48. The van der Waals surface area contributed by atoms with Gasteiger partial charge in [-0.15, -0.1) is 0 Å². The van der Waals surface area contributed by atoms with E-state index in [1.807, 2.05) is 12.1 Å². The molecule has 2 aliphatic heterocycles. The molecule has 2 aliphatic rings. The molecule has 2 atom stereocenters. The zero-order chi connectivity index (χ0) is 23.0. The number of halogens is 1. The highest BCUT2D eigenvalue weighted by Crippen LogP contribution is 2.25. The van der Waals surface area contributed by atoms with Crippen molar-refractivity contribution < 1.29 is 18.7 Å². The quantitative estimate of drug-likeness (QED) is 0.603. The zero-order valence-corrected chi connectivity index (χ0v) is 18.6. The van der Waals surface area contributed by atoms with E-state index >= 15 is 0 Å². The predicted octanol–water partition coefficient (Wildman–Crippen LogP) is 1.88. The molecule has 8 nitrogen and oxygen atoms in total. The number of urea groups is 1. The van der Waals surface area contributed by atoms with E-state index in [2.05, 4.69) is 20.5 Å². The number of amides is 3. The lowest BCUT2D eigenvalue weighted by molar-refractivity contribution is -0.127. The third kappa shape index (κ3) is 6.64. The van der Waals surface area contributed by atoms with E-state index in [0.29, 0.717) is 51.5 Å². The number of rotatable bonds is 9. The maximum atomic E-state index is 13.5. The summed E-state index contributed by atoms with van der Waals surface area (Å²) in [6, 6.07) is 9.98. The van der Waals surface area contributed by atoms with Crippen LogP contribution in [0.2, 0.25) is 0 Å². The van der Waals surface area contributed by atoms with Gasteiger partial charge < -0.3 is 20.3 Å². The molecule has 1 aromatic heterocycles. The lowest BCUT2D eigenvalue weighted by Gasteiger charge is -2.37. The van der Waals surface area contributed by atoms with Crippen molar-refractivity contribution in [2.24, 2.45) is 11.8 Å². The number of carbonyl (C=O) groups is 2. The van der Waals surface area contributed by atoms with Crippen LogP contribution in [0.3, 0.4) is 0 Å². The number of benzene rings is 1. The second-order valence-corrected chi connectivity index (χ2v) is 8.63. The molecular weight excluding hydrogens is 425 g/mol. The van der Waals surface area contributed by atoms with Crippen LogP contribution in [-0.2, 0) is 11.3 Å². The summed E-state index contributed by atoms with van der Waals surface area (Å²) in [7, 11) is 0. The van der Waals surface area contributed by atoms with E-state index in [1.165, 1.54) is 12.1 Å². The number of carbonyl (C=O) groups excluding carboxylic acids is 2. The minimum Gasteiger partial charge on any atom is -0.493 e. The van der Waals surface area contributed by atoms with E-state index in [9.17, 15) is 14.0 Å². The van der Waals surface area contributed by atoms with Crippen LogP contribution < -0.4 is 15.4 Å². The molecule has 0 aliphatic carbocycles. The highest BCUT2D eigenvalue weighted by molar-refractivity contribution is 5.79. The van der Waals surface area contributed by atoms with Crippen molar-refractivity contribution in [2.45, 2.75) is 13.0 Å². The van der Waals surface area contributed by atoms with Gasteiger partial charge in [0.2, 0.25) is 5.91 Å². The number of pyridine rings is 1. The van der Waals surface area contributed by atoms with Gasteiger partial charge in [-0.05, 0) is 36.2 Å². The van der Waals surface area contributed by atoms with Gasteiger partial charge in [-0.1, -0.05) is 6.07 Å². The Hall–Kier alpha value is -3.20. The van der Waals surface area contributed by atoms with Gasteiger partial charge >= 0.3 is 6.03 Å². The van der Waals surface area contributed by atoms with Crippen molar-refractivity contribution in [3.05, 3.63) is 60.2 Å². The monoisotopic (exact) mass is 455 g/mol. The fraction of sp³-hybridized carbons (Fsp3) is 0.458. The molecule has 1 aromatic carbocycles. The number of hydrogen-bond acceptors (Lipinski definition) is 5. The van der Waals surface area contributed by atoms with E-state index in [4.69, 9.17) is 4.74 Å². The summed E-state index contributed by atoms with van der Waals surface area (Å²) in [5.41, 5.74) is 1.14. The van der Waals surface area contributed by atoms with E-state index in [1.54, 1.807) is 29.4 Å². The summed E-state index contributed by atoms with van der Waals surface area (Å²) in [6.45, 7) is 4.80. The van der Waals surface area contributed by atoms with E-state index in [-0.39, 0.29) is 29.6 Å². The Balaban J connectivity index is 1.35. The second-order valence-electron chi connectivity index (χ2n) is 8.63. The fourth-order valence-electron chi connectivity index (χ4n) is 4.44. The Morgan fingerprint density at radius 3 is 2.85 bits per heavy atom. The molecule has 3 heterocycles. The molecule has 0 unspecified atom stereocenters. The summed E-state index contributed by atoms with van der Waals surface area (Å²) in [5.74, 6) is 0.0911. The van der Waals surface area contributed by atoms with Gasteiger partial charge in [0, 0.05) is 70.2 Å². The van der Waals surface area contributed by atoms with Crippen LogP contribution in [-0.4, -0.2) is 72.6 Å². The minimum absolute atomic E-state index is 0.00945. The van der Waals surface area contributed by atoms with E-state index < -0.39 is 0 Å². The molecule has 0 spiro atoms. The highest BCUT2D eigenvalue weighted by Gasteiger charge is 2.32.